The van der Waals surface area contributed by atoms with Gasteiger partial charge in [0, 0.05) is 19.7 Å². The standard InChI is InChI=1S/C22H36N2O4/c1-27-21-5-4-19(15-24-11-6-18(7-12-24)8-13-25)14-22(21)28-17-20(26)16-23-9-2-3-10-23/h4-5,14,18,20,25-26H,2-3,6-13,15-17H2,1H3/t20-/m1/s1. The quantitative estimate of drug-likeness (QED) is 0.636. The minimum Gasteiger partial charge on any atom is -0.493 e. The van der Waals surface area contributed by atoms with Gasteiger partial charge in [-0.05, 0) is 81.9 Å². The maximum absolute atomic E-state index is 10.3. The number of aliphatic hydroxyl groups is 2. The second-order valence-corrected chi connectivity index (χ2v) is 8.19. The van der Waals surface area contributed by atoms with Gasteiger partial charge < -0.3 is 24.6 Å². The smallest absolute Gasteiger partial charge is 0.161 e. The van der Waals surface area contributed by atoms with Crippen molar-refractivity contribution >= 4 is 0 Å². The van der Waals surface area contributed by atoms with Gasteiger partial charge in [-0.2, -0.15) is 0 Å². The van der Waals surface area contributed by atoms with Gasteiger partial charge in [0.15, 0.2) is 11.5 Å². The summed E-state index contributed by atoms with van der Waals surface area (Å²) in [6.07, 6.45) is 5.19. The van der Waals surface area contributed by atoms with E-state index >= 15 is 0 Å². The average molecular weight is 393 g/mol. The van der Waals surface area contributed by atoms with Crippen molar-refractivity contribution in [2.24, 2.45) is 5.92 Å². The van der Waals surface area contributed by atoms with Crippen LogP contribution in [0.1, 0.15) is 37.7 Å². The van der Waals surface area contributed by atoms with Crippen LogP contribution >= 0.6 is 0 Å². The van der Waals surface area contributed by atoms with Gasteiger partial charge in [0.05, 0.1) is 7.11 Å². The third-order valence-electron chi connectivity index (χ3n) is 5.98. The largest absolute Gasteiger partial charge is 0.493 e. The molecule has 2 aliphatic heterocycles. The Hall–Kier alpha value is -1.34. The van der Waals surface area contributed by atoms with Crippen LogP contribution in [0.4, 0.5) is 0 Å². The number of aliphatic hydroxyl groups excluding tert-OH is 2. The molecule has 2 aliphatic rings. The molecule has 0 unspecified atom stereocenters. The van der Waals surface area contributed by atoms with Gasteiger partial charge in [0.25, 0.3) is 0 Å². The van der Waals surface area contributed by atoms with E-state index in [1.165, 1.54) is 18.4 Å². The summed E-state index contributed by atoms with van der Waals surface area (Å²) < 4.78 is 11.4. The molecule has 2 heterocycles. The molecule has 1 aromatic carbocycles. The highest BCUT2D eigenvalue weighted by atomic mass is 16.5. The van der Waals surface area contributed by atoms with Gasteiger partial charge in [-0.3, -0.25) is 4.90 Å². The summed E-state index contributed by atoms with van der Waals surface area (Å²) >= 11 is 0. The van der Waals surface area contributed by atoms with E-state index < -0.39 is 6.10 Å². The van der Waals surface area contributed by atoms with Gasteiger partial charge >= 0.3 is 0 Å². The second-order valence-electron chi connectivity index (χ2n) is 8.19. The van der Waals surface area contributed by atoms with E-state index in [4.69, 9.17) is 14.6 Å². The summed E-state index contributed by atoms with van der Waals surface area (Å²) in [4.78, 5) is 4.75. The predicted molar refractivity (Wildman–Crippen MR) is 110 cm³/mol. The maximum atomic E-state index is 10.3. The number of benzene rings is 1. The average Bonchev–Trinajstić information content (AvgIpc) is 3.21. The minimum atomic E-state index is -0.489. The number of rotatable bonds is 10. The number of nitrogens with zero attached hydrogens (tertiary/aromatic N) is 2. The highest BCUT2D eigenvalue weighted by Crippen LogP contribution is 2.30. The summed E-state index contributed by atoms with van der Waals surface area (Å²) in [5.41, 5.74) is 1.20. The Bertz CT molecular complexity index is 584. The number of hydrogen-bond acceptors (Lipinski definition) is 6. The molecule has 2 fully saturated rings. The number of hydrogen-bond donors (Lipinski definition) is 2. The van der Waals surface area contributed by atoms with Crippen molar-refractivity contribution in [2.45, 2.75) is 44.8 Å². The van der Waals surface area contributed by atoms with Crippen LogP contribution in [0.5, 0.6) is 11.5 Å². The lowest BCUT2D eigenvalue weighted by atomic mass is 9.94. The summed E-state index contributed by atoms with van der Waals surface area (Å²) in [6.45, 7) is 6.43. The molecule has 0 radical (unpaired) electrons. The molecule has 0 amide bonds. The molecule has 0 aromatic heterocycles. The van der Waals surface area contributed by atoms with Gasteiger partial charge in [-0.25, -0.2) is 0 Å². The third-order valence-corrected chi connectivity index (χ3v) is 5.98. The molecule has 0 bridgehead atoms. The van der Waals surface area contributed by atoms with Crippen molar-refractivity contribution < 1.29 is 19.7 Å². The molecule has 0 aliphatic carbocycles. The lowest BCUT2D eigenvalue weighted by Gasteiger charge is -2.31. The first-order chi connectivity index (χ1) is 13.7. The summed E-state index contributed by atoms with van der Waals surface area (Å²) in [5, 5.41) is 19.4. The van der Waals surface area contributed by atoms with Crippen LogP contribution in [0.25, 0.3) is 0 Å². The van der Waals surface area contributed by atoms with Crippen molar-refractivity contribution in [3.05, 3.63) is 23.8 Å². The second kappa shape index (κ2) is 11.0. The van der Waals surface area contributed by atoms with Crippen LogP contribution in [-0.4, -0.2) is 79.2 Å². The normalized spacial score (nSPS) is 20.4. The number of methoxy groups -OCH3 is 1. The Balaban J connectivity index is 1.51. The monoisotopic (exact) mass is 392 g/mol. The molecule has 2 N–H and O–H groups in total. The van der Waals surface area contributed by atoms with Gasteiger partial charge in [-0.15, -0.1) is 0 Å². The third kappa shape index (κ3) is 6.34. The maximum Gasteiger partial charge on any atom is 0.161 e. The number of piperidine rings is 1. The molecule has 2 saturated heterocycles. The Morgan fingerprint density at radius 3 is 2.50 bits per heavy atom. The van der Waals surface area contributed by atoms with Crippen LogP contribution < -0.4 is 9.47 Å². The van der Waals surface area contributed by atoms with Crippen LogP contribution in [0.3, 0.4) is 0 Å². The molecule has 1 atom stereocenters. The zero-order valence-electron chi connectivity index (χ0n) is 17.2. The number of likely N-dealkylation sites (tertiary alicyclic amines) is 2. The van der Waals surface area contributed by atoms with Gasteiger partial charge in [-0.1, -0.05) is 6.07 Å². The van der Waals surface area contributed by atoms with E-state index in [0.717, 1.165) is 52.0 Å². The van der Waals surface area contributed by atoms with E-state index in [-0.39, 0.29) is 6.61 Å². The summed E-state index contributed by atoms with van der Waals surface area (Å²) in [6, 6.07) is 6.09. The molecule has 0 spiro atoms. The Morgan fingerprint density at radius 2 is 1.82 bits per heavy atom. The van der Waals surface area contributed by atoms with E-state index in [9.17, 15) is 5.11 Å². The van der Waals surface area contributed by atoms with E-state index in [1.807, 2.05) is 12.1 Å². The summed E-state index contributed by atoms with van der Waals surface area (Å²) in [5.74, 6) is 2.07. The van der Waals surface area contributed by atoms with Crippen molar-refractivity contribution in [3.8, 4) is 11.5 Å². The molecule has 3 rings (SSSR count). The fourth-order valence-electron chi connectivity index (χ4n) is 4.31. The lowest BCUT2D eigenvalue weighted by molar-refractivity contribution is 0.0746. The first kappa shape index (κ1) is 21.4. The van der Waals surface area contributed by atoms with Crippen molar-refractivity contribution in [2.75, 3.05) is 53.0 Å². The predicted octanol–water partition coefficient (Wildman–Crippen LogP) is 2.13. The highest BCUT2D eigenvalue weighted by molar-refractivity contribution is 5.43. The lowest BCUT2D eigenvalue weighted by Crippen LogP contribution is -2.34. The molecule has 158 valence electrons. The fourth-order valence-corrected chi connectivity index (χ4v) is 4.31. The molecule has 6 heteroatoms. The van der Waals surface area contributed by atoms with Crippen molar-refractivity contribution in [1.82, 2.24) is 9.80 Å². The van der Waals surface area contributed by atoms with E-state index in [0.29, 0.717) is 30.6 Å². The van der Waals surface area contributed by atoms with Crippen LogP contribution in [-0.2, 0) is 6.54 Å². The van der Waals surface area contributed by atoms with Crippen LogP contribution in [0.2, 0.25) is 0 Å². The van der Waals surface area contributed by atoms with E-state index in [2.05, 4.69) is 15.9 Å². The molecule has 6 nitrogen and oxygen atoms in total. The SMILES string of the molecule is COc1ccc(CN2CCC(CCO)CC2)cc1OC[C@H](O)CN1CCCC1. The number of ether oxygens (including phenoxy) is 2. The Kier molecular flexibility index (Phi) is 8.40. The topological polar surface area (TPSA) is 65.4 Å². The zero-order chi connectivity index (χ0) is 19.8. The minimum absolute atomic E-state index is 0.281. The van der Waals surface area contributed by atoms with Gasteiger partial charge in [0.1, 0.15) is 12.7 Å². The van der Waals surface area contributed by atoms with Gasteiger partial charge in [0.2, 0.25) is 0 Å². The molecular formula is C22H36N2O4. The molecule has 0 saturated carbocycles. The zero-order valence-corrected chi connectivity index (χ0v) is 17.2. The van der Waals surface area contributed by atoms with Crippen molar-refractivity contribution in [1.29, 1.82) is 0 Å². The van der Waals surface area contributed by atoms with Crippen LogP contribution in [0.15, 0.2) is 18.2 Å². The first-order valence-electron chi connectivity index (χ1n) is 10.7. The molecular weight excluding hydrogens is 356 g/mol. The highest BCUT2D eigenvalue weighted by Gasteiger charge is 2.20. The first-order valence-corrected chi connectivity index (χ1v) is 10.7. The Morgan fingerprint density at radius 1 is 1.07 bits per heavy atom. The number of β-amino-alcohol motifs (C(OH)–C–C–N with tert-alkyl or cyclic N) is 1. The van der Waals surface area contributed by atoms with E-state index in [1.54, 1.807) is 7.11 Å². The fraction of sp³-hybridized carbons (Fsp3) is 0.727. The van der Waals surface area contributed by atoms with Crippen molar-refractivity contribution in [3.63, 3.8) is 0 Å². The Labute approximate surface area is 169 Å². The molecule has 1 aromatic rings. The summed E-state index contributed by atoms with van der Waals surface area (Å²) in [7, 11) is 1.65. The van der Waals surface area contributed by atoms with Crippen LogP contribution in [0, 0.1) is 5.92 Å². The molecule has 28 heavy (non-hydrogen) atoms.